The van der Waals surface area contributed by atoms with E-state index >= 15 is 0 Å². The molecule has 0 bridgehead atoms. The van der Waals surface area contributed by atoms with Crippen molar-refractivity contribution in [1.82, 2.24) is 14.1 Å². The van der Waals surface area contributed by atoms with Crippen LogP contribution in [0.15, 0.2) is 219 Å². The van der Waals surface area contributed by atoms with Gasteiger partial charge in [-0.05, 0) is 101 Å². The van der Waals surface area contributed by atoms with Gasteiger partial charge in [-0.3, -0.25) is 4.57 Å². The van der Waals surface area contributed by atoms with E-state index in [9.17, 15) is 0 Å². The second-order valence-electron chi connectivity index (χ2n) is 15.2. The summed E-state index contributed by atoms with van der Waals surface area (Å²) in [6, 6.07) is 76.8. The van der Waals surface area contributed by atoms with Crippen LogP contribution in [0.25, 0.3) is 88.9 Å². The molecule has 4 heterocycles. The van der Waals surface area contributed by atoms with Crippen LogP contribution in [0.4, 0.5) is 17.1 Å². The Morgan fingerprint density at radius 2 is 0.898 bits per heavy atom. The molecule has 0 N–H and O–H groups in total. The highest BCUT2D eigenvalue weighted by Crippen LogP contribution is 2.53. The molecule has 11 aromatic rings. The second kappa shape index (κ2) is 13.3. The molecule has 0 aliphatic carbocycles. The van der Waals surface area contributed by atoms with Gasteiger partial charge in [-0.2, -0.15) is 0 Å². The van der Waals surface area contributed by atoms with Gasteiger partial charge < -0.3 is 9.47 Å². The summed E-state index contributed by atoms with van der Waals surface area (Å²) in [5, 5.41) is 3.64. The predicted octanol–water partition coefficient (Wildman–Crippen LogP) is 14.6. The predicted molar refractivity (Wildman–Crippen MR) is 245 cm³/mol. The fraction of sp³-hybridized carbons (Fsp3) is 0. The summed E-state index contributed by atoms with van der Waals surface area (Å²) in [6.45, 7) is 0. The van der Waals surface area contributed by atoms with Gasteiger partial charge in [0.25, 0.3) is 0 Å². The number of nitrogens with zero attached hydrogens (tertiary/aromatic N) is 4. The highest BCUT2D eigenvalue weighted by atomic mass is 15.2. The van der Waals surface area contributed by atoms with Gasteiger partial charge in [0, 0.05) is 44.9 Å². The van der Waals surface area contributed by atoms with Gasteiger partial charge in [-0.15, -0.1) is 0 Å². The third-order valence-corrected chi connectivity index (χ3v) is 11.9. The first-order valence-corrected chi connectivity index (χ1v) is 20.1. The Kier molecular flexibility index (Phi) is 7.50. The van der Waals surface area contributed by atoms with E-state index in [-0.39, 0.29) is 0 Å². The molecule has 1 aliphatic heterocycles. The molecule has 8 aromatic carbocycles. The van der Waals surface area contributed by atoms with Gasteiger partial charge in [-0.25, -0.2) is 4.98 Å². The van der Waals surface area contributed by atoms with Crippen LogP contribution in [0.5, 0.6) is 0 Å². The monoisotopic (exact) mass is 752 g/mol. The van der Waals surface area contributed by atoms with E-state index in [0.717, 1.165) is 73.0 Å². The fourth-order valence-corrected chi connectivity index (χ4v) is 9.35. The lowest BCUT2D eigenvalue weighted by Gasteiger charge is -2.28. The lowest BCUT2D eigenvalue weighted by atomic mass is 9.95. The normalized spacial score (nSPS) is 12.0. The average molecular weight is 753 g/mol. The van der Waals surface area contributed by atoms with Crippen molar-refractivity contribution in [3.63, 3.8) is 0 Å². The summed E-state index contributed by atoms with van der Waals surface area (Å²) in [5.74, 6) is 0. The maximum Gasteiger partial charge on any atom is 0.145 e. The van der Waals surface area contributed by atoms with E-state index in [1.165, 1.54) is 32.9 Å². The molecule has 0 fully saturated rings. The molecule has 0 amide bonds. The molecule has 12 rings (SSSR count). The summed E-state index contributed by atoms with van der Waals surface area (Å²) in [6.07, 6.45) is 1.91. The van der Waals surface area contributed by atoms with Crippen LogP contribution in [-0.4, -0.2) is 14.1 Å². The summed E-state index contributed by atoms with van der Waals surface area (Å²) in [4.78, 5) is 7.52. The number of fused-ring (bicyclic) bond motifs is 10. The molecule has 0 radical (unpaired) electrons. The van der Waals surface area contributed by atoms with Crippen molar-refractivity contribution < 1.29 is 0 Å². The van der Waals surface area contributed by atoms with Crippen LogP contribution in [-0.2, 0) is 0 Å². The minimum atomic E-state index is 0.936. The average Bonchev–Trinajstić information content (AvgIpc) is 3.79. The van der Waals surface area contributed by atoms with Crippen molar-refractivity contribution in [2.24, 2.45) is 0 Å². The Morgan fingerprint density at radius 3 is 1.64 bits per heavy atom. The second-order valence-corrected chi connectivity index (χ2v) is 15.2. The molecule has 0 spiro atoms. The van der Waals surface area contributed by atoms with E-state index in [1.54, 1.807) is 0 Å². The molecule has 3 aromatic heterocycles. The Hall–Kier alpha value is -7.95. The lowest BCUT2D eigenvalue weighted by molar-refractivity contribution is 1.10. The molecule has 276 valence electrons. The zero-order valence-corrected chi connectivity index (χ0v) is 32.1. The third kappa shape index (κ3) is 5.20. The summed E-state index contributed by atoms with van der Waals surface area (Å²) in [5.41, 5.74) is 18.0. The Labute approximate surface area is 342 Å². The number of pyridine rings is 1. The first kappa shape index (κ1) is 33.2. The SMILES string of the molecule is c1ccc(-c2cc(-c3cccc(-n4c5ccccc5c5ccccc54)c3)cc(N3c4ccccc4-c4c(-c5ccccc5)c5cccnc5n4-c4ccccc43)c2)cc1. The zero-order valence-electron chi connectivity index (χ0n) is 32.1. The maximum absolute atomic E-state index is 5.07. The minimum Gasteiger partial charge on any atom is -0.309 e. The Morgan fingerprint density at radius 1 is 0.339 bits per heavy atom. The Balaban J connectivity index is 1.12. The van der Waals surface area contributed by atoms with Crippen molar-refractivity contribution in [3.8, 4) is 56.0 Å². The van der Waals surface area contributed by atoms with Crippen molar-refractivity contribution in [2.45, 2.75) is 0 Å². The molecule has 59 heavy (non-hydrogen) atoms. The first-order chi connectivity index (χ1) is 29.3. The Bertz CT molecular complexity index is 3340. The molecule has 0 saturated carbocycles. The van der Waals surface area contributed by atoms with E-state index in [4.69, 9.17) is 4.98 Å². The van der Waals surface area contributed by atoms with E-state index < -0.39 is 0 Å². The largest absolute Gasteiger partial charge is 0.309 e. The summed E-state index contributed by atoms with van der Waals surface area (Å²) >= 11 is 0. The van der Waals surface area contributed by atoms with E-state index in [2.05, 4.69) is 220 Å². The molecule has 0 atom stereocenters. The summed E-state index contributed by atoms with van der Waals surface area (Å²) < 4.78 is 4.78. The number of aromatic nitrogens is 3. The molecule has 4 heteroatoms. The number of rotatable bonds is 5. The minimum absolute atomic E-state index is 0.936. The number of hydrogen-bond acceptors (Lipinski definition) is 2. The van der Waals surface area contributed by atoms with Gasteiger partial charge in [0.1, 0.15) is 5.65 Å². The van der Waals surface area contributed by atoms with Gasteiger partial charge in [-0.1, -0.05) is 140 Å². The van der Waals surface area contributed by atoms with Gasteiger partial charge in [0.2, 0.25) is 0 Å². The number of anilines is 3. The molecule has 0 saturated heterocycles. The molecule has 1 aliphatic rings. The molecule has 4 nitrogen and oxygen atoms in total. The van der Waals surface area contributed by atoms with Crippen LogP contribution >= 0.6 is 0 Å². The van der Waals surface area contributed by atoms with E-state index in [0.29, 0.717) is 0 Å². The van der Waals surface area contributed by atoms with Gasteiger partial charge in [0.05, 0.1) is 33.8 Å². The highest BCUT2D eigenvalue weighted by molar-refractivity contribution is 6.10. The highest BCUT2D eigenvalue weighted by Gasteiger charge is 2.31. The van der Waals surface area contributed by atoms with E-state index in [1.807, 2.05) is 12.3 Å². The van der Waals surface area contributed by atoms with Crippen molar-refractivity contribution in [3.05, 3.63) is 219 Å². The first-order valence-electron chi connectivity index (χ1n) is 20.1. The van der Waals surface area contributed by atoms with Crippen LogP contribution in [0.3, 0.4) is 0 Å². The van der Waals surface area contributed by atoms with Crippen molar-refractivity contribution >= 4 is 49.9 Å². The fourth-order valence-electron chi connectivity index (χ4n) is 9.35. The number of para-hydroxylation sites is 5. The standard InChI is InChI=1S/C55H36N4/c1-3-17-37(18-4-1)40-33-41(39-21-15-22-42(34-39)57-48-27-10-7-23-44(48)45-24-8-11-28-49(45)57)36-43(35-40)58-50-29-12-9-25-46(50)54-53(38-19-5-2-6-20-38)47-26-16-32-56-55(47)59(54)52-31-14-13-30-51(52)58/h1-36H. The summed E-state index contributed by atoms with van der Waals surface area (Å²) in [7, 11) is 0. The molecular weight excluding hydrogens is 717 g/mol. The van der Waals surface area contributed by atoms with Crippen LogP contribution in [0.1, 0.15) is 0 Å². The van der Waals surface area contributed by atoms with Crippen LogP contribution < -0.4 is 4.90 Å². The zero-order chi connectivity index (χ0) is 38.9. The van der Waals surface area contributed by atoms with Crippen molar-refractivity contribution in [2.75, 3.05) is 4.90 Å². The topological polar surface area (TPSA) is 26.0 Å². The molecular formula is C55H36N4. The molecule has 0 unspecified atom stereocenters. The maximum atomic E-state index is 5.07. The van der Waals surface area contributed by atoms with Gasteiger partial charge in [0.15, 0.2) is 0 Å². The quantitative estimate of drug-likeness (QED) is 0.175. The van der Waals surface area contributed by atoms with Gasteiger partial charge >= 0.3 is 0 Å². The number of benzene rings is 8. The van der Waals surface area contributed by atoms with Crippen molar-refractivity contribution in [1.29, 1.82) is 0 Å². The smallest absolute Gasteiger partial charge is 0.145 e. The number of hydrogen-bond donors (Lipinski definition) is 0. The third-order valence-electron chi connectivity index (χ3n) is 11.9. The van der Waals surface area contributed by atoms with Crippen LogP contribution in [0, 0.1) is 0 Å². The van der Waals surface area contributed by atoms with Crippen LogP contribution in [0.2, 0.25) is 0 Å². The lowest BCUT2D eigenvalue weighted by Crippen LogP contribution is -2.12.